The fraction of sp³-hybridized carbons (Fsp3) is 0.278. The number of hydrogen-bond acceptors (Lipinski definition) is 1. The molecular formula is C18H21ClN2O. The van der Waals surface area contributed by atoms with Gasteiger partial charge >= 0.3 is 6.03 Å². The van der Waals surface area contributed by atoms with Crippen LogP contribution in [0.25, 0.3) is 0 Å². The van der Waals surface area contributed by atoms with Crippen LogP contribution >= 0.6 is 11.6 Å². The number of aryl methyl sites for hydroxylation is 2. The summed E-state index contributed by atoms with van der Waals surface area (Å²) in [6, 6.07) is 13.1. The minimum absolute atomic E-state index is 0.00778. The molecule has 4 heteroatoms. The maximum atomic E-state index is 12.1. The second-order valence-corrected chi connectivity index (χ2v) is 5.85. The molecule has 0 aliphatic rings. The van der Waals surface area contributed by atoms with Crippen LogP contribution in [0.3, 0.4) is 0 Å². The van der Waals surface area contributed by atoms with Crippen LogP contribution in [0.15, 0.2) is 42.5 Å². The highest BCUT2D eigenvalue weighted by Gasteiger charge is 2.13. The molecule has 0 heterocycles. The van der Waals surface area contributed by atoms with Crippen LogP contribution in [0.5, 0.6) is 0 Å². The molecule has 3 nitrogen and oxygen atoms in total. The van der Waals surface area contributed by atoms with E-state index in [1.165, 1.54) is 11.1 Å². The highest BCUT2D eigenvalue weighted by molar-refractivity contribution is 6.30. The molecule has 2 N–H and O–H groups in total. The Morgan fingerprint density at radius 2 is 1.77 bits per heavy atom. The average molecular weight is 317 g/mol. The van der Waals surface area contributed by atoms with E-state index in [1.54, 1.807) is 24.3 Å². The Labute approximate surface area is 136 Å². The van der Waals surface area contributed by atoms with Crippen LogP contribution in [-0.2, 0) is 0 Å². The highest BCUT2D eigenvalue weighted by Crippen LogP contribution is 2.20. The summed E-state index contributed by atoms with van der Waals surface area (Å²) in [5.41, 5.74) is 4.33. The Morgan fingerprint density at radius 3 is 2.36 bits per heavy atom. The highest BCUT2D eigenvalue weighted by atomic mass is 35.5. The quantitative estimate of drug-likeness (QED) is 0.796. The molecule has 0 bridgehead atoms. The zero-order chi connectivity index (χ0) is 16.1. The third kappa shape index (κ3) is 4.25. The minimum atomic E-state index is -0.215. The molecule has 0 saturated carbocycles. The van der Waals surface area contributed by atoms with Crippen molar-refractivity contribution in [2.75, 3.05) is 5.32 Å². The Balaban J connectivity index is 2.04. The lowest BCUT2D eigenvalue weighted by molar-refractivity contribution is 0.248. The lowest BCUT2D eigenvalue weighted by Crippen LogP contribution is -2.32. The van der Waals surface area contributed by atoms with E-state index in [9.17, 15) is 4.79 Å². The van der Waals surface area contributed by atoms with Crippen molar-refractivity contribution in [3.05, 3.63) is 64.2 Å². The first-order valence-corrected chi connectivity index (χ1v) is 7.77. The fourth-order valence-electron chi connectivity index (χ4n) is 2.26. The third-order valence-electron chi connectivity index (χ3n) is 3.75. The second-order valence-electron chi connectivity index (χ2n) is 5.41. The standard InChI is InChI=1S/C18H21ClN2O/c1-4-17(14-6-5-12(2)13(3)11-14)21-18(22)20-16-9-7-15(19)8-10-16/h5-11,17H,4H2,1-3H3,(H2,20,21,22)/t17-/m1/s1. The summed E-state index contributed by atoms with van der Waals surface area (Å²) >= 11 is 5.83. The first kappa shape index (κ1) is 16.4. The maximum Gasteiger partial charge on any atom is 0.319 e. The molecule has 0 aromatic heterocycles. The number of benzene rings is 2. The van der Waals surface area contributed by atoms with Crippen molar-refractivity contribution in [1.29, 1.82) is 0 Å². The number of rotatable bonds is 4. The van der Waals surface area contributed by atoms with Crippen molar-refractivity contribution in [2.24, 2.45) is 0 Å². The van der Waals surface area contributed by atoms with Crippen LogP contribution in [-0.4, -0.2) is 6.03 Å². The molecule has 2 aromatic rings. The fourth-order valence-corrected chi connectivity index (χ4v) is 2.39. The first-order valence-electron chi connectivity index (χ1n) is 7.40. The molecule has 2 aromatic carbocycles. The van der Waals surface area contributed by atoms with Crippen LogP contribution in [0.1, 0.15) is 36.1 Å². The monoisotopic (exact) mass is 316 g/mol. The summed E-state index contributed by atoms with van der Waals surface area (Å²) < 4.78 is 0. The van der Waals surface area contributed by atoms with Crippen molar-refractivity contribution in [3.63, 3.8) is 0 Å². The van der Waals surface area contributed by atoms with Gasteiger partial charge in [-0.1, -0.05) is 36.7 Å². The van der Waals surface area contributed by atoms with Gasteiger partial charge in [-0.25, -0.2) is 4.79 Å². The normalized spacial score (nSPS) is 11.8. The topological polar surface area (TPSA) is 41.1 Å². The number of anilines is 1. The summed E-state index contributed by atoms with van der Waals surface area (Å²) in [4.78, 5) is 12.1. The predicted octanol–water partition coefficient (Wildman–Crippen LogP) is 5.23. The van der Waals surface area contributed by atoms with E-state index in [2.05, 4.69) is 49.6 Å². The van der Waals surface area contributed by atoms with Gasteiger partial charge < -0.3 is 10.6 Å². The Kier molecular flexibility index (Phi) is 5.45. The number of carbonyl (C=O) groups is 1. The van der Waals surface area contributed by atoms with Crippen molar-refractivity contribution in [1.82, 2.24) is 5.32 Å². The van der Waals surface area contributed by atoms with E-state index in [1.807, 2.05) is 0 Å². The minimum Gasteiger partial charge on any atom is -0.331 e. The molecule has 116 valence electrons. The average Bonchev–Trinajstić information content (AvgIpc) is 2.50. The van der Waals surface area contributed by atoms with Crippen LogP contribution in [0, 0.1) is 13.8 Å². The number of halogens is 1. The molecule has 0 spiro atoms. The van der Waals surface area contributed by atoms with Gasteiger partial charge in [-0.3, -0.25) is 0 Å². The van der Waals surface area contributed by atoms with Crippen molar-refractivity contribution in [2.45, 2.75) is 33.2 Å². The van der Waals surface area contributed by atoms with Gasteiger partial charge in [-0.2, -0.15) is 0 Å². The zero-order valence-corrected chi connectivity index (χ0v) is 13.9. The molecular weight excluding hydrogens is 296 g/mol. The van der Waals surface area contributed by atoms with Crippen molar-refractivity contribution < 1.29 is 4.79 Å². The first-order chi connectivity index (χ1) is 10.5. The number of nitrogens with one attached hydrogen (secondary N) is 2. The van der Waals surface area contributed by atoms with E-state index in [0.29, 0.717) is 5.02 Å². The maximum absolute atomic E-state index is 12.1. The number of hydrogen-bond donors (Lipinski definition) is 2. The zero-order valence-electron chi connectivity index (χ0n) is 13.1. The number of amides is 2. The van der Waals surface area contributed by atoms with Crippen LogP contribution < -0.4 is 10.6 Å². The Bertz CT molecular complexity index is 653. The lowest BCUT2D eigenvalue weighted by Gasteiger charge is -2.19. The summed E-state index contributed by atoms with van der Waals surface area (Å²) in [5.74, 6) is 0. The second kappa shape index (κ2) is 7.32. The molecule has 0 aliphatic carbocycles. The van der Waals surface area contributed by atoms with Crippen molar-refractivity contribution in [3.8, 4) is 0 Å². The molecule has 22 heavy (non-hydrogen) atoms. The molecule has 0 saturated heterocycles. The van der Waals surface area contributed by atoms with Gasteiger partial charge in [-0.05, 0) is 61.2 Å². The van der Waals surface area contributed by atoms with Gasteiger partial charge in [0, 0.05) is 10.7 Å². The van der Waals surface area contributed by atoms with Crippen LogP contribution in [0.2, 0.25) is 5.02 Å². The van der Waals surface area contributed by atoms with E-state index in [0.717, 1.165) is 17.7 Å². The van der Waals surface area contributed by atoms with Crippen LogP contribution in [0.4, 0.5) is 10.5 Å². The van der Waals surface area contributed by atoms with E-state index >= 15 is 0 Å². The third-order valence-corrected chi connectivity index (χ3v) is 4.00. The summed E-state index contributed by atoms with van der Waals surface area (Å²) in [6.07, 6.45) is 0.830. The van der Waals surface area contributed by atoms with Crippen molar-refractivity contribution >= 4 is 23.3 Å². The van der Waals surface area contributed by atoms with Gasteiger partial charge in [0.2, 0.25) is 0 Å². The number of urea groups is 1. The summed E-state index contributed by atoms with van der Waals surface area (Å²) in [6.45, 7) is 6.22. The molecule has 2 amide bonds. The van der Waals surface area contributed by atoms with E-state index in [-0.39, 0.29) is 12.1 Å². The SMILES string of the molecule is CC[C@@H](NC(=O)Nc1ccc(Cl)cc1)c1ccc(C)c(C)c1. The molecule has 0 aliphatic heterocycles. The predicted molar refractivity (Wildman–Crippen MR) is 92.6 cm³/mol. The largest absolute Gasteiger partial charge is 0.331 e. The molecule has 2 rings (SSSR count). The molecule has 0 radical (unpaired) electrons. The smallest absolute Gasteiger partial charge is 0.319 e. The van der Waals surface area contributed by atoms with Gasteiger partial charge in [0.1, 0.15) is 0 Å². The number of carbonyl (C=O) groups excluding carboxylic acids is 1. The summed E-state index contributed by atoms with van der Waals surface area (Å²) in [5, 5.41) is 6.48. The molecule has 0 fully saturated rings. The van der Waals surface area contributed by atoms with Gasteiger partial charge in [0.15, 0.2) is 0 Å². The molecule has 0 unspecified atom stereocenters. The lowest BCUT2D eigenvalue weighted by atomic mass is 9.99. The van der Waals surface area contributed by atoms with E-state index < -0.39 is 0 Å². The van der Waals surface area contributed by atoms with Gasteiger partial charge in [0.25, 0.3) is 0 Å². The Morgan fingerprint density at radius 1 is 1.09 bits per heavy atom. The summed E-state index contributed by atoms with van der Waals surface area (Å²) in [7, 11) is 0. The molecule has 1 atom stereocenters. The van der Waals surface area contributed by atoms with Gasteiger partial charge in [0.05, 0.1) is 6.04 Å². The van der Waals surface area contributed by atoms with E-state index in [4.69, 9.17) is 11.6 Å². The Hall–Kier alpha value is -2.00. The van der Waals surface area contributed by atoms with Gasteiger partial charge in [-0.15, -0.1) is 0 Å².